The quantitative estimate of drug-likeness (QED) is 0.783. The molecule has 1 atom stereocenters. The lowest BCUT2D eigenvalue weighted by Gasteiger charge is -2.26. The highest BCUT2D eigenvalue weighted by Crippen LogP contribution is 2.30. The molecule has 1 amide bonds. The van der Waals surface area contributed by atoms with Crippen LogP contribution in [0, 0.1) is 0 Å². The second-order valence-electron chi connectivity index (χ2n) is 6.74. The molecule has 2 aliphatic heterocycles. The highest BCUT2D eigenvalue weighted by Gasteiger charge is 2.28. The fourth-order valence-corrected chi connectivity index (χ4v) is 4.57. The highest BCUT2D eigenvalue weighted by atomic mass is 32.2. The molecule has 2 aromatic carbocycles. The number of fused-ring (bicyclic) bond motifs is 1. The third-order valence-electron chi connectivity index (χ3n) is 4.80. The Labute approximate surface area is 169 Å². The van der Waals surface area contributed by atoms with Gasteiger partial charge < -0.3 is 19.5 Å². The number of nitrogens with zero attached hydrogens (tertiary/aromatic N) is 1. The molecule has 4 rings (SSSR count). The molecule has 9 heteroatoms. The summed E-state index contributed by atoms with van der Waals surface area (Å²) in [5.41, 5.74) is 0.788. The van der Waals surface area contributed by atoms with Gasteiger partial charge in [-0.25, -0.2) is 8.42 Å². The average Bonchev–Trinajstić information content (AvgIpc) is 2.78. The Morgan fingerprint density at radius 3 is 2.45 bits per heavy atom. The molecule has 0 saturated carbocycles. The number of para-hydroxylation sites is 2. The van der Waals surface area contributed by atoms with E-state index in [1.165, 1.54) is 4.31 Å². The van der Waals surface area contributed by atoms with E-state index in [1.54, 1.807) is 36.4 Å². The molecule has 1 fully saturated rings. The van der Waals surface area contributed by atoms with Crippen molar-refractivity contribution in [2.75, 3.05) is 32.9 Å². The standard InChI is InChI=1S/C20H22N2O6S/c23-20(19-14-27-17-3-1-2-4-18(17)28-19)21-13-15-5-7-16(8-6-15)29(24,25)22-9-11-26-12-10-22/h1-8,19H,9-14H2,(H,21,23)/t19-/m1/s1. The Bertz CT molecular complexity index is 971. The molecule has 2 aliphatic rings. The topological polar surface area (TPSA) is 94.2 Å². The number of hydrogen-bond donors (Lipinski definition) is 1. The van der Waals surface area contributed by atoms with Crippen LogP contribution in [0.15, 0.2) is 53.4 Å². The largest absolute Gasteiger partial charge is 0.485 e. The van der Waals surface area contributed by atoms with E-state index in [4.69, 9.17) is 14.2 Å². The van der Waals surface area contributed by atoms with Gasteiger partial charge in [-0.1, -0.05) is 24.3 Å². The maximum absolute atomic E-state index is 12.6. The average molecular weight is 418 g/mol. The predicted octanol–water partition coefficient (Wildman–Crippen LogP) is 1.16. The van der Waals surface area contributed by atoms with Crippen molar-refractivity contribution in [2.24, 2.45) is 0 Å². The van der Waals surface area contributed by atoms with E-state index in [9.17, 15) is 13.2 Å². The fourth-order valence-electron chi connectivity index (χ4n) is 3.17. The molecule has 1 N–H and O–H groups in total. The smallest absolute Gasteiger partial charge is 0.264 e. The van der Waals surface area contributed by atoms with Gasteiger partial charge in [-0.05, 0) is 29.8 Å². The number of hydrogen-bond acceptors (Lipinski definition) is 6. The molecule has 0 aromatic heterocycles. The third-order valence-corrected chi connectivity index (χ3v) is 6.71. The van der Waals surface area contributed by atoms with Gasteiger partial charge in [-0.3, -0.25) is 4.79 Å². The normalized spacial score (nSPS) is 19.5. The van der Waals surface area contributed by atoms with Gasteiger partial charge >= 0.3 is 0 Å². The number of ether oxygens (including phenoxy) is 3. The summed E-state index contributed by atoms with van der Waals surface area (Å²) in [4.78, 5) is 12.6. The van der Waals surface area contributed by atoms with Crippen LogP contribution in [0.2, 0.25) is 0 Å². The number of morpholine rings is 1. The van der Waals surface area contributed by atoms with E-state index in [1.807, 2.05) is 12.1 Å². The molecule has 0 radical (unpaired) electrons. The van der Waals surface area contributed by atoms with Crippen LogP contribution in [-0.4, -0.2) is 57.6 Å². The SMILES string of the molecule is O=C(NCc1ccc(S(=O)(=O)N2CCOCC2)cc1)[C@H]1COc2ccccc2O1. The minimum absolute atomic E-state index is 0.138. The first-order valence-electron chi connectivity index (χ1n) is 9.37. The summed E-state index contributed by atoms with van der Waals surface area (Å²) in [6.45, 7) is 1.92. The van der Waals surface area contributed by atoms with E-state index in [0.717, 1.165) is 5.56 Å². The Morgan fingerprint density at radius 1 is 1.03 bits per heavy atom. The highest BCUT2D eigenvalue weighted by molar-refractivity contribution is 7.89. The van der Waals surface area contributed by atoms with Crippen LogP contribution in [0.1, 0.15) is 5.56 Å². The molecule has 2 aromatic rings. The number of benzene rings is 2. The van der Waals surface area contributed by atoms with Crippen molar-refractivity contribution < 1.29 is 27.4 Å². The second kappa shape index (κ2) is 8.40. The van der Waals surface area contributed by atoms with E-state index in [0.29, 0.717) is 37.8 Å². The van der Waals surface area contributed by atoms with E-state index in [-0.39, 0.29) is 24.0 Å². The van der Waals surface area contributed by atoms with Crippen molar-refractivity contribution in [1.82, 2.24) is 9.62 Å². The minimum Gasteiger partial charge on any atom is -0.485 e. The maximum Gasteiger partial charge on any atom is 0.264 e. The van der Waals surface area contributed by atoms with Gasteiger partial charge in [-0.2, -0.15) is 4.31 Å². The zero-order valence-electron chi connectivity index (χ0n) is 15.7. The summed E-state index contributed by atoms with van der Waals surface area (Å²) in [5.74, 6) is 0.870. The van der Waals surface area contributed by atoms with Crippen LogP contribution in [0.3, 0.4) is 0 Å². The van der Waals surface area contributed by atoms with E-state index >= 15 is 0 Å². The lowest BCUT2D eigenvalue weighted by Crippen LogP contribution is -2.43. The summed E-state index contributed by atoms with van der Waals surface area (Å²) < 4.78 is 43.1. The van der Waals surface area contributed by atoms with E-state index in [2.05, 4.69) is 5.32 Å². The van der Waals surface area contributed by atoms with Gasteiger partial charge in [0.05, 0.1) is 18.1 Å². The van der Waals surface area contributed by atoms with Crippen molar-refractivity contribution in [3.8, 4) is 11.5 Å². The Kier molecular flexibility index (Phi) is 5.70. The van der Waals surface area contributed by atoms with Crippen LogP contribution in [0.25, 0.3) is 0 Å². The van der Waals surface area contributed by atoms with Gasteiger partial charge in [0.1, 0.15) is 6.61 Å². The summed E-state index contributed by atoms with van der Waals surface area (Å²) in [6.07, 6.45) is -0.731. The lowest BCUT2D eigenvalue weighted by atomic mass is 10.2. The van der Waals surface area contributed by atoms with Crippen molar-refractivity contribution in [3.05, 3.63) is 54.1 Å². The van der Waals surface area contributed by atoms with Gasteiger partial charge in [0.2, 0.25) is 16.1 Å². The summed E-state index contributed by atoms with van der Waals surface area (Å²) >= 11 is 0. The Morgan fingerprint density at radius 2 is 1.72 bits per heavy atom. The fraction of sp³-hybridized carbons (Fsp3) is 0.350. The zero-order chi connectivity index (χ0) is 20.3. The van der Waals surface area contributed by atoms with Gasteiger partial charge in [0.15, 0.2) is 11.5 Å². The van der Waals surface area contributed by atoms with E-state index < -0.39 is 16.1 Å². The second-order valence-corrected chi connectivity index (χ2v) is 8.68. The zero-order valence-corrected chi connectivity index (χ0v) is 16.6. The Hall–Kier alpha value is -2.62. The first kappa shape index (κ1) is 19.7. The lowest BCUT2D eigenvalue weighted by molar-refractivity contribution is -0.130. The summed E-state index contributed by atoms with van der Waals surface area (Å²) in [7, 11) is -3.53. The number of nitrogens with one attached hydrogen (secondary N) is 1. The predicted molar refractivity (Wildman–Crippen MR) is 104 cm³/mol. The molecule has 0 unspecified atom stereocenters. The van der Waals surface area contributed by atoms with Crippen molar-refractivity contribution >= 4 is 15.9 Å². The molecular weight excluding hydrogens is 396 g/mol. The number of carbonyl (C=O) groups is 1. The third kappa shape index (κ3) is 4.36. The molecule has 0 spiro atoms. The molecule has 0 bridgehead atoms. The summed E-state index contributed by atoms with van der Waals surface area (Å²) in [5, 5.41) is 2.80. The van der Waals surface area contributed by atoms with Crippen molar-refractivity contribution in [3.63, 3.8) is 0 Å². The maximum atomic E-state index is 12.6. The van der Waals surface area contributed by atoms with Crippen molar-refractivity contribution in [1.29, 1.82) is 0 Å². The minimum atomic E-state index is -3.53. The van der Waals surface area contributed by atoms with Gasteiger partial charge in [-0.15, -0.1) is 0 Å². The number of sulfonamides is 1. The van der Waals surface area contributed by atoms with Crippen LogP contribution in [-0.2, 0) is 26.1 Å². The molecular formula is C20H22N2O6S. The molecule has 1 saturated heterocycles. The first-order valence-corrected chi connectivity index (χ1v) is 10.8. The molecule has 2 heterocycles. The molecule has 29 heavy (non-hydrogen) atoms. The molecule has 154 valence electrons. The Balaban J connectivity index is 1.34. The summed E-state index contributed by atoms with van der Waals surface area (Å²) in [6, 6.07) is 13.7. The molecule has 8 nitrogen and oxygen atoms in total. The first-order chi connectivity index (χ1) is 14.0. The van der Waals surface area contributed by atoms with Crippen LogP contribution in [0.4, 0.5) is 0 Å². The van der Waals surface area contributed by atoms with Crippen LogP contribution < -0.4 is 14.8 Å². The number of rotatable bonds is 5. The molecule has 0 aliphatic carbocycles. The van der Waals surface area contributed by atoms with Crippen molar-refractivity contribution in [2.45, 2.75) is 17.5 Å². The van der Waals surface area contributed by atoms with Gasteiger partial charge in [0.25, 0.3) is 5.91 Å². The number of carbonyl (C=O) groups excluding carboxylic acids is 1. The monoisotopic (exact) mass is 418 g/mol. The van der Waals surface area contributed by atoms with Gasteiger partial charge in [0, 0.05) is 19.6 Å². The van der Waals surface area contributed by atoms with Crippen LogP contribution in [0.5, 0.6) is 11.5 Å². The number of amides is 1. The van der Waals surface area contributed by atoms with Crippen LogP contribution >= 0.6 is 0 Å².